The Hall–Kier alpha value is -0.770. The summed E-state index contributed by atoms with van der Waals surface area (Å²) < 4.78 is 5.13. The van der Waals surface area contributed by atoms with E-state index in [-0.39, 0.29) is 6.09 Å². The van der Waals surface area contributed by atoms with Crippen molar-refractivity contribution >= 4 is 6.09 Å². The SMILES string of the molecule is CCCN1CC(C)(CN)OC1=O. The molecular weight excluding hydrogens is 156 g/mol. The molecule has 0 aliphatic carbocycles. The molecule has 0 spiro atoms. The third-order valence-electron chi connectivity index (χ3n) is 2.04. The summed E-state index contributed by atoms with van der Waals surface area (Å²) in [6.07, 6.45) is 0.722. The number of amides is 1. The van der Waals surface area contributed by atoms with Gasteiger partial charge in [-0.3, -0.25) is 0 Å². The normalized spacial score (nSPS) is 29.2. The quantitative estimate of drug-likeness (QED) is 0.677. The first kappa shape index (κ1) is 9.32. The molecule has 0 bridgehead atoms. The first-order chi connectivity index (χ1) is 5.61. The lowest BCUT2D eigenvalue weighted by Crippen LogP contribution is -2.38. The number of rotatable bonds is 3. The molecule has 4 heteroatoms. The van der Waals surface area contributed by atoms with E-state index in [4.69, 9.17) is 10.5 Å². The fourth-order valence-corrected chi connectivity index (χ4v) is 1.32. The lowest BCUT2D eigenvalue weighted by Gasteiger charge is -2.18. The first-order valence-corrected chi connectivity index (χ1v) is 4.29. The number of carbonyl (C=O) groups excluding carboxylic acids is 1. The molecule has 1 atom stereocenters. The molecule has 0 radical (unpaired) electrons. The van der Waals surface area contributed by atoms with Gasteiger partial charge in [-0.25, -0.2) is 4.79 Å². The lowest BCUT2D eigenvalue weighted by atomic mass is 10.1. The van der Waals surface area contributed by atoms with Gasteiger partial charge >= 0.3 is 6.09 Å². The predicted molar refractivity (Wildman–Crippen MR) is 45.8 cm³/mol. The Morgan fingerprint density at radius 3 is 2.83 bits per heavy atom. The van der Waals surface area contributed by atoms with Gasteiger partial charge in [-0.2, -0.15) is 0 Å². The second kappa shape index (κ2) is 3.31. The molecule has 1 heterocycles. The van der Waals surface area contributed by atoms with Crippen LogP contribution in [0.15, 0.2) is 0 Å². The van der Waals surface area contributed by atoms with Crippen molar-refractivity contribution in [2.45, 2.75) is 25.9 Å². The monoisotopic (exact) mass is 172 g/mol. The van der Waals surface area contributed by atoms with Gasteiger partial charge in [0.2, 0.25) is 0 Å². The van der Waals surface area contributed by atoms with Gasteiger partial charge in [0.15, 0.2) is 0 Å². The smallest absolute Gasteiger partial charge is 0.410 e. The summed E-state index contributed by atoms with van der Waals surface area (Å²) >= 11 is 0. The average Bonchev–Trinajstić information content (AvgIpc) is 2.30. The van der Waals surface area contributed by atoms with E-state index in [1.54, 1.807) is 4.90 Å². The molecule has 1 amide bonds. The van der Waals surface area contributed by atoms with Crippen molar-refractivity contribution in [1.82, 2.24) is 4.90 Å². The van der Waals surface area contributed by atoms with Crippen molar-refractivity contribution in [3.63, 3.8) is 0 Å². The summed E-state index contributed by atoms with van der Waals surface area (Å²) in [6.45, 7) is 5.66. The number of nitrogens with two attached hydrogens (primary N) is 1. The van der Waals surface area contributed by atoms with E-state index in [1.807, 2.05) is 13.8 Å². The third-order valence-corrected chi connectivity index (χ3v) is 2.04. The maximum Gasteiger partial charge on any atom is 0.410 e. The summed E-state index contributed by atoms with van der Waals surface area (Å²) in [4.78, 5) is 12.9. The van der Waals surface area contributed by atoms with Crippen molar-refractivity contribution in [2.75, 3.05) is 19.6 Å². The molecule has 1 aliphatic rings. The van der Waals surface area contributed by atoms with Crippen LogP contribution in [0.4, 0.5) is 4.79 Å². The Kier molecular flexibility index (Phi) is 2.57. The molecule has 1 fully saturated rings. The highest BCUT2D eigenvalue weighted by molar-refractivity contribution is 5.70. The van der Waals surface area contributed by atoms with Gasteiger partial charge in [-0.1, -0.05) is 6.92 Å². The summed E-state index contributed by atoms with van der Waals surface area (Å²) in [7, 11) is 0. The number of nitrogens with zero attached hydrogens (tertiary/aromatic N) is 1. The van der Waals surface area contributed by atoms with Crippen LogP contribution in [0.2, 0.25) is 0 Å². The molecule has 4 nitrogen and oxygen atoms in total. The molecule has 1 unspecified atom stereocenters. The number of carbonyl (C=O) groups is 1. The molecule has 0 saturated carbocycles. The maximum absolute atomic E-state index is 11.2. The highest BCUT2D eigenvalue weighted by atomic mass is 16.6. The third kappa shape index (κ3) is 1.69. The standard InChI is InChI=1S/C8H16N2O2/c1-3-4-10-6-8(2,5-9)12-7(10)11/h3-6,9H2,1-2H3. The number of cyclic esters (lactones) is 1. The fourth-order valence-electron chi connectivity index (χ4n) is 1.32. The van der Waals surface area contributed by atoms with E-state index in [0.717, 1.165) is 13.0 Å². The first-order valence-electron chi connectivity index (χ1n) is 4.29. The Labute approximate surface area is 72.7 Å². The van der Waals surface area contributed by atoms with E-state index in [0.29, 0.717) is 13.1 Å². The van der Waals surface area contributed by atoms with Crippen LogP contribution in [0.25, 0.3) is 0 Å². The van der Waals surface area contributed by atoms with Crippen molar-refractivity contribution in [1.29, 1.82) is 0 Å². The Morgan fingerprint density at radius 1 is 1.75 bits per heavy atom. The molecule has 70 valence electrons. The molecule has 0 aromatic rings. The molecule has 2 N–H and O–H groups in total. The topological polar surface area (TPSA) is 55.6 Å². The summed E-state index contributed by atoms with van der Waals surface area (Å²) in [6, 6.07) is 0. The molecule has 0 aromatic carbocycles. The summed E-state index contributed by atoms with van der Waals surface area (Å²) in [5.41, 5.74) is 5.02. The van der Waals surface area contributed by atoms with Crippen molar-refractivity contribution in [3.8, 4) is 0 Å². The highest BCUT2D eigenvalue weighted by Crippen LogP contribution is 2.20. The molecule has 1 rings (SSSR count). The van der Waals surface area contributed by atoms with E-state index in [1.165, 1.54) is 0 Å². The average molecular weight is 172 g/mol. The van der Waals surface area contributed by atoms with Gasteiger partial charge in [0, 0.05) is 13.1 Å². The van der Waals surface area contributed by atoms with Gasteiger partial charge in [-0.15, -0.1) is 0 Å². The minimum Gasteiger partial charge on any atom is -0.440 e. The summed E-state index contributed by atoms with van der Waals surface area (Å²) in [5.74, 6) is 0. The zero-order valence-corrected chi connectivity index (χ0v) is 7.67. The predicted octanol–water partition coefficient (Wildman–Crippen LogP) is 0.566. The van der Waals surface area contributed by atoms with E-state index in [9.17, 15) is 4.79 Å². The van der Waals surface area contributed by atoms with Crippen molar-refractivity contribution in [2.24, 2.45) is 5.73 Å². The Bertz CT molecular complexity index is 184. The van der Waals surface area contributed by atoms with E-state index in [2.05, 4.69) is 0 Å². The molecule has 0 aromatic heterocycles. The van der Waals surface area contributed by atoms with Gasteiger partial charge in [0.25, 0.3) is 0 Å². The number of ether oxygens (including phenoxy) is 1. The second-order valence-electron chi connectivity index (χ2n) is 3.44. The summed E-state index contributed by atoms with van der Waals surface area (Å²) in [5, 5.41) is 0. The van der Waals surface area contributed by atoms with E-state index < -0.39 is 5.60 Å². The zero-order valence-electron chi connectivity index (χ0n) is 7.67. The Morgan fingerprint density at radius 2 is 2.42 bits per heavy atom. The van der Waals surface area contributed by atoms with Crippen LogP contribution in [0.1, 0.15) is 20.3 Å². The van der Waals surface area contributed by atoms with Crippen LogP contribution >= 0.6 is 0 Å². The van der Waals surface area contributed by atoms with Gasteiger partial charge in [0.05, 0.1) is 6.54 Å². The molecule has 12 heavy (non-hydrogen) atoms. The maximum atomic E-state index is 11.2. The minimum atomic E-state index is -0.466. The zero-order chi connectivity index (χ0) is 9.19. The van der Waals surface area contributed by atoms with Crippen LogP contribution in [0, 0.1) is 0 Å². The Balaban J connectivity index is 2.55. The van der Waals surface area contributed by atoms with Crippen LogP contribution < -0.4 is 5.73 Å². The largest absolute Gasteiger partial charge is 0.440 e. The van der Waals surface area contributed by atoms with Crippen molar-refractivity contribution in [3.05, 3.63) is 0 Å². The molecule has 1 aliphatic heterocycles. The highest BCUT2D eigenvalue weighted by Gasteiger charge is 2.39. The molecular formula is C8H16N2O2. The van der Waals surface area contributed by atoms with Crippen LogP contribution in [-0.2, 0) is 4.74 Å². The lowest BCUT2D eigenvalue weighted by molar-refractivity contribution is 0.0782. The van der Waals surface area contributed by atoms with Gasteiger partial charge in [-0.05, 0) is 13.3 Å². The fraction of sp³-hybridized carbons (Fsp3) is 0.875. The van der Waals surface area contributed by atoms with E-state index >= 15 is 0 Å². The number of hydrogen-bond acceptors (Lipinski definition) is 3. The van der Waals surface area contributed by atoms with Gasteiger partial charge < -0.3 is 15.4 Å². The second-order valence-corrected chi connectivity index (χ2v) is 3.44. The van der Waals surface area contributed by atoms with Crippen LogP contribution in [0.5, 0.6) is 0 Å². The van der Waals surface area contributed by atoms with Crippen LogP contribution in [-0.4, -0.2) is 36.2 Å². The molecule has 1 saturated heterocycles. The number of hydrogen-bond donors (Lipinski definition) is 1. The van der Waals surface area contributed by atoms with Crippen molar-refractivity contribution < 1.29 is 9.53 Å². The minimum absolute atomic E-state index is 0.232. The van der Waals surface area contributed by atoms with Crippen LogP contribution in [0.3, 0.4) is 0 Å². The van der Waals surface area contributed by atoms with Gasteiger partial charge in [0.1, 0.15) is 5.60 Å².